The normalized spacial score (nSPS) is 10.7. The van der Waals surface area contributed by atoms with Gasteiger partial charge in [0.25, 0.3) is 5.56 Å². The number of anilines is 1. The molecule has 0 unspecified atom stereocenters. The average molecular weight is 394 g/mol. The highest BCUT2D eigenvalue weighted by Gasteiger charge is 2.21. The maximum Gasteiger partial charge on any atom is 0.311 e. The number of nitrogens with one attached hydrogen (secondary N) is 1. The van der Waals surface area contributed by atoms with Crippen molar-refractivity contribution in [1.82, 2.24) is 9.97 Å². The van der Waals surface area contributed by atoms with E-state index in [9.17, 15) is 14.4 Å². The van der Waals surface area contributed by atoms with Gasteiger partial charge in [-0.1, -0.05) is 18.6 Å². The fourth-order valence-electron chi connectivity index (χ4n) is 2.99. The first-order valence-corrected chi connectivity index (χ1v) is 8.53. The third kappa shape index (κ3) is 2.46. The number of ether oxygens (including phenoxy) is 1. The lowest BCUT2D eigenvalue weighted by Crippen LogP contribution is -2.10. The number of terminal acetylenes is 1. The molecule has 0 aliphatic rings. The summed E-state index contributed by atoms with van der Waals surface area (Å²) in [7, 11) is 0. The summed E-state index contributed by atoms with van der Waals surface area (Å²) in [5, 5.41) is 9.72. The Hall–Kier alpha value is -3.95. The molecule has 0 atom stereocenters. The van der Waals surface area contributed by atoms with Gasteiger partial charge in [0.1, 0.15) is 28.5 Å². The van der Waals surface area contributed by atoms with Gasteiger partial charge in [0.15, 0.2) is 5.82 Å². The number of H-pyrrole nitrogens is 1. The van der Waals surface area contributed by atoms with Gasteiger partial charge < -0.3 is 10.5 Å². The molecule has 4 aromatic rings. The van der Waals surface area contributed by atoms with Gasteiger partial charge >= 0.3 is 6.01 Å². The second-order valence-electron chi connectivity index (χ2n) is 5.67. The van der Waals surface area contributed by atoms with Gasteiger partial charge in [0, 0.05) is 10.9 Å². The predicted octanol–water partition coefficient (Wildman–Crippen LogP) is 3.51. The fourth-order valence-corrected chi connectivity index (χ4v) is 3.94. The predicted molar refractivity (Wildman–Crippen MR) is 102 cm³/mol. The zero-order chi connectivity index (χ0) is 20.0. The van der Waals surface area contributed by atoms with Gasteiger partial charge in [-0.25, -0.2) is 8.78 Å². The Kier molecular flexibility index (Phi) is 3.95. The van der Waals surface area contributed by atoms with Gasteiger partial charge in [-0.3, -0.25) is 9.78 Å². The molecule has 0 spiro atoms. The van der Waals surface area contributed by atoms with Crippen LogP contribution in [0, 0.1) is 35.5 Å². The smallest absolute Gasteiger partial charge is 0.311 e. The van der Waals surface area contributed by atoms with E-state index in [0.29, 0.717) is 0 Å². The maximum absolute atomic E-state index is 15.3. The van der Waals surface area contributed by atoms with Crippen molar-refractivity contribution in [2.75, 3.05) is 5.73 Å². The van der Waals surface area contributed by atoms with Crippen LogP contribution >= 0.6 is 11.3 Å². The summed E-state index contributed by atoms with van der Waals surface area (Å²) in [4.78, 5) is 18.3. The topological polar surface area (TPSA) is 105 Å². The average Bonchev–Trinajstić information content (AvgIpc) is 3.01. The van der Waals surface area contributed by atoms with Crippen LogP contribution in [0.3, 0.4) is 0 Å². The first-order chi connectivity index (χ1) is 13.5. The molecule has 0 fully saturated rings. The first kappa shape index (κ1) is 17.5. The van der Waals surface area contributed by atoms with E-state index in [0.717, 1.165) is 17.4 Å². The van der Waals surface area contributed by atoms with Crippen molar-refractivity contribution >= 4 is 37.3 Å². The van der Waals surface area contributed by atoms with Crippen LogP contribution in [0.4, 0.5) is 13.8 Å². The summed E-state index contributed by atoms with van der Waals surface area (Å²) >= 11 is 0.905. The largest absolute Gasteiger partial charge is 0.389 e. The summed E-state index contributed by atoms with van der Waals surface area (Å²) in [5.41, 5.74) is 5.25. The molecule has 0 aliphatic heterocycles. The molecule has 3 N–H and O–H groups in total. The second kappa shape index (κ2) is 6.34. The van der Waals surface area contributed by atoms with Crippen molar-refractivity contribution in [3.63, 3.8) is 0 Å². The number of hydrogen-bond acceptors (Lipinski definition) is 6. The van der Waals surface area contributed by atoms with Gasteiger partial charge in [0.05, 0.1) is 15.6 Å². The molecule has 0 bridgehead atoms. The number of thiophene rings is 1. The molecular weight excluding hydrogens is 386 g/mol. The Morgan fingerprint density at radius 1 is 1.25 bits per heavy atom. The summed E-state index contributed by atoms with van der Waals surface area (Å²) in [5.74, 6) is -1.41. The van der Waals surface area contributed by atoms with E-state index in [1.165, 1.54) is 18.2 Å². The quantitative estimate of drug-likeness (QED) is 0.506. The monoisotopic (exact) mass is 394 g/mol. The Bertz CT molecular complexity index is 1430. The number of fused-ring (bicyclic) bond motifs is 2. The third-order valence-electron chi connectivity index (χ3n) is 4.17. The van der Waals surface area contributed by atoms with Crippen LogP contribution < -0.4 is 16.0 Å². The molecule has 2 heterocycles. The van der Waals surface area contributed by atoms with Gasteiger partial charge in [-0.15, -0.1) is 11.3 Å². The number of rotatable bonds is 2. The SMILES string of the molecule is C#COc1nc2c(F)c(-c3ccc(F)c4sc(N)c(C#N)c34)ccc2c(=O)[nH]1. The lowest BCUT2D eigenvalue weighted by Gasteiger charge is -2.09. The first-order valence-electron chi connectivity index (χ1n) is 7.72. The van der Waals surface area contributed by atoms with Crippen LogP contribution in [0.25, 0.3) is 32.1 Å². The molecule has 4 rings (SSSR count). The number of nitrogens with zero attached hydrogens (tertiary/aromatic N) is 2. The summed E-state index contributed by atoms with van der Waals surface area (Å²) < 4.78 is 34.4. The zero-order valence-electron chi connectivity index (χ0n) is 13.8. The van der Waals surface area contributed by atoms with E-state index in [2.05, 4.69) is 9.97 Å². The maximum atomic E-state index is 15.3. The molecule has 0 aliphatic carbocycles. The standard InChI is InChI=1S/C19H8F2N4O2S/c1-2-27-19-24-15-10(18(26)25-19)4-3-9(14(15)21)8-5-6-12(20)16-13(8)11(7-22)17(23)28-16/h1,3-6H,23H2,(H,24,25,26). The molecule has 6 nitrogen and oxygen atoms in total. The van der Waals surface area contributed by atoms with Crippen molar-refractivity contribution in [3.8, 4) is 35.7 Å². The van der Waals surface area contributed by atoms with E-state index in [1.54, 1.807) is 0 Å². The Balaban J connectivity index is 2.10. The van der Waals surface area contributed by atoms with Crippen molar-refractivity contribution in [2.24, 2.45) is 0 Å². The lowest BCUT2D eigenvalue weighted by atomic mass is 9.97. The molecule has 0 saturated heterocycles. The number of nitriles is 1. The minimum atomic E-state index is -0.841. The van der Waals surface area contributed by atoms with Crippen LogP contribution in [0.5, 0.6) is 6.01 Å². The second-order valence-corrected chi connectivity index (χ2v) is 6.72. The minimum absolute atomic E-state index is 0.0192. The number of aromatic nitrogens is 2. The van der Waals surface area contributed by atoms with Gasteiger partial charge in [-0.05, 0) is 17.7 Å². The molecule has 2 aromatic heterocycles. The number of benzene rings is 2. The Labute approximate surface area is 159 Å². The van der Waals surface area contributed by atoms with Gasteiger partial charge in [0.2, 0.25) is 0 Å². The van der Waals surface area contributed by atoms with E-state index in [-0.39, 0.29) is 48.7 Å². The molecule has 0 radical (unpaired) electrons. The summed E-state index contributed by atoms with van der Waals surface area (Å²) in [6.45, 7) is 0. The molecule has 136 valence electrons. The van der Waals surface area contributed by atoms with Crippen molar-refractivity contribution in [3.05, 3.63) is 51.8 Å². The molecule has 9 heteroatoms. The highest BCUT2D eigenvalue weighted by atomic mass is 32.1. The van der Waals surface area contributed by atoms with Gasteiger partial charge in [-0.2, -0.15) is 10.2 Å². The molecule has 0 amide bonds. The van der Waals surface area contributed by atoms with E-state index in [4.69, 9.17) is 16.9 Å². The Morgan fingerprint density at radius 2 is 2.00 bits per heavy atom. The molecule has 28 heavy (non-hydrogen) atoms. The number of hydrogen-bond donors (Lipinski definition) is 2. The highest BCUT2D eigenvalue weighted by Crippen LogP contribution is 2.42. The van der Waals surface area contributed by atoms with Crippen LogP contribution in [0.1, 0.15) is 5.56 Å². The summed E-state index contributed by atoms with van der Waals surface area (Å²) in [6.07, 6.45) is 6.86. The molecular formula is C19H8F2N4O2S. The minimum Gasteiger partial charge on any atom is -0.389 e. The molecule has 0 saturated carbocycles. The van der Waals surface area contributed by atoms with Crippen molar-refractivity contribution in [1.29, 1.82) is 5.26 Å². The number of halogens is 2. The van der Waals surface area contributed by atoms with Crippen LogP contribution in [-0.2, 0) is 0 Å². The zero-order valence-corrected chi connectivity index (χ0v) is 14.7. The lowest BCUT2D eigenvalue weighted by molar-refractivity contribution is 0.475. The summed E-state index contributed by atoms with van der Waals surface area (Å²) in [6, 6.07) is 6.84. The molecule has 2 aromatic carbocycles. The van der Waals surface area contributed by atoms with Crippen LogP contribution in [0.15, 0.2) is 29.1 Å². The highest BCUT2D eigenvalue weighted by molar-refractivity contribution is 7.23. The van der Waals surface area contributed by atoms with E-state index < -0.39 is 17.2 Å². The van der Waals surface area contributed by atoms with E-state index in [1.807, 2.05) is 12.2 Å². The van der Waals surface area contributed by atoms with Crippen molar-refractivity contribution in [2.45, 2.75) is 0 Å². The Morgan fingerprint density at radius 3 is 2.71 bits per heavy atom. The fraction of sp³-hybridized carbons (Fsp3) is 0. The third-order valence-corrected chi connectivity index (χ3v) is 5.20. The van der Waals surface area contributed by atoms with E-state index >= 15 is 4.39 Å². The van der Waals surface area contributed by atoms with Crippen LogP contribution in [-0.4, -0.2) is 9.97 Å². The number of aromatic amines is 1. The number of nitrogen functional groups attached to an aromatic ring is 1. The van der Waals surface area contributed by atoms with Crippen molar-refractivity contribution < 1.29 is 13.5 Å². The number of nitrogens with two attached hydrogens (primary N) is 1. The van der Waals surface area contributed by atoms with Crippen LogP contribution in [0.2, 0.25) is 0 Å².